The summed E-state index contributed by atoms with van der Waals surface area (Å²) in [6.07, 6.45) is 1.04. The minimum atomic E-state index is -0.581. The summed E-state index contributed by atoms with van der Waals surface area (Å²) in [6.45, 7) is -0.347. The van der Waals surface area contributed by atoms with Crippen LogP contribution in [0.5, 0.6) is 5.75 Å². The van der Waals surface area contributed by atoms with Gasteiger partial charge in [-0.25, -0.2) is 4.79 Å². The van der Waals surface area contributed by atoms with Crippen LogP contribution in [0.2, 0.25) is 0 Å². The molecule has 0 saturated heterocycles. The van der Waals surface area contributed by atoms with Gasteiger partial charge >= 0.3 is 5.97 Å². The summed E-state index contributed by atoms with van der Waals surface area (Å²) in [4.78, 5) is 33.4. The number of fused-ring (bicyclic) bond motifs is 1. The van der Waals surface area contributed by atoms with E-state index < -0.39 is 10.9 Å². The molecule has 0 saturated carbocycles. The van der Waals surface area contributed by atoms with Gasteiger partial charge in [0.05, 0.1) is 4.92 Å². The zero-order valence-electron chi connectivity index (χ0n) is 13.8. The van der Waals surface area contributed by atoms with Gasteiger partial charge in [-0.05, 0) is 35.7 Å². The molecule has 8 nitrogen and oxygen atoms in total. The van der Waals surface area contributed by atoms with Crippen LogP contribution in [-0.4, -0.2) is 23.4 Å². The van der Waals surface area contributed by atoms with Crippen molar-refractivity contribution in [3.8, 4) is 5.75 Å². The number of nitro benzene ring substituents is 1. The Labute approximate surface area is 148 Å². The molecule has 1 aliphatic heterocycles. The summed E-state index contributed by atoms with van der Waals surface area (Å²) in [7, 11) is 0. The number of hydrogen-bond acceptors (Lipinski definition) is 6. The Kier molecular flexibility index (Phi) is 5.12. The van der Waals surface area contributed by atoms with Crippen molar-refractivity contribution in [1.82, 2.24) is 0 Å². The van der Waals surface area contributed by atoms with Crippen LogP contribution in [0.1, 0.15) is 17.5 Å². The molecule has 0 spiro atoms. The molecule has 1 amide bonds. The largest absolute Gasteiger partial charge is 0.482 e. The molecule has 0 unspecified atom stereocenters. The molecule has 3 rings (SSSR count). The number of amides is 1. The van der Waals surface area contributed by atoms with Crippen molar-refractivity contribution in [1.29, 1.82) is 0 Å². The number of rotatable bonds is 6. The van der Waals surface area contributed by atoms with Crippen LogP contribution < -0.4 is 10.1 Å². The van der Waals surface area contributed by atoms with E-state index in [1.54, 1.807) is 24.3 Å². The lowest BCUT2D eigenvalue weighted by molar-refractivity contribution is -0.384. The van der Waals surface area contributed by atoms with E-state index in [1.165, 1.54) is 18.2 Å². The molecule has 0 bridgehead atoms. The van der Waals surface area contributed by atoms with Crippen LogP contribution in [-0.2, 0) is 27.4 Å². The highest BCUT2D eigenvalue weighted by molar-refractivity contribution is 5.94. The van der Waals surface area contributed by atoms with Crippen molar-refractivity contribution in [2.75, 3.05) is 11.9 Å². The van der Waals surface area contributed by atoms with Crippen molar-refractivity contribution in [3.63, 3.8) is 0 Å². The molecule has 2 aromatic carbocycles. The second-order valence-electron chi connectivity index (χ2n) is 5.74. The van der Waals surface area contributed by atoms with Gasteiger partial charge < -0.3 is 14.8 Å². The van der Waals surface area contributed by atoms with Crippen LogP contribution >= 0.6 is 0 Å². The van der Waals surface area contributed by atoms with Gasteiger partial charge in [0.1, 0.15) is 12.4 Å². The fraction of sp³-hybridized carbons (Fsp3) is 0.222. The first-order valence-electron chi connectivity index (χ1n) is 7.96. The fourth-order valence-corrected chi connectivity index (χ4v) is 2.56. The first-order valence-corrected chi connectivity index (χ1v) is 7.96. The Hall–Kier alpha value is -3.42. The summed E-state index contributed by atoms with van der Waals surface area (Å²) < 4.78 is 10.5. The molecular weight excluding hydrogens is 340 g/mol. The third-order valence-corrected chi connectivity index (χ3v) is 3.85. The number of carbonyl (C=O) groups is 2. The second kappa shape index (κ2) is 7.64. The predicted molar refractivity (Wildman–Crippen MR) is 91.8 cm³/mol. The Morgan fingerprint density at radius 2 is 2.04 bits per heavy atom. The van der Waals surface area contributed by atoms with E-state index >= 15 is 0 Å². The summed E-state index contributed by atoms with van der Waals surface area (Å²) in [5.74, 6) is -0.0920. The zero-order chi connectivity index (χ0) is 18.5. The Bertz CT molecular complexity index is 865. The quantitative estimate of drug-likeness (QED) is 0.484. The molecule has 26 heavy (non-hydrogen) atoms. The van der Waals surface area contributed by atoms with Gasteiger partial charge in [-0.3, -0.25) is 14.9 Å². The van der Waals surface area contributed by atoms with Crippen LogP contribution in [0.4, 0.5) is 11.4 Å². The molecule has 8 heteroatoms. The van der Waals surface area contributed by atoms with Gasteiger partial charge in [-0.1, -0.05) is 12.1 Å². The fourth-order valence-electron chi connectivity index (χ4n) is 2.56. The van der Waals surface area contributed by atoms with Gasteiger partial charge in [0, 0.05) is 24.2 Å². The Morgan fingerprint density at radius 3 is 2.85 bits per heavy atom. The molecule has 0 atom stereocenters. The van der Waals surface area contributed by atoms with Gasteiger partial charge in [0.25, 0.3) is 5.69 Å². The molecule has 0 radical (unpaired) electrons. The lowest BCUT2D eigenvalue weighted by Gasteiger charge is -2.17. The number of nitro groups is 1. The van der Waals surface area contributed by atoms with E-state index in [0.29, 0.717) is 24.2 Å². The lowest BCUT2D eigenvalue weighted by Crippen LogP contribution is -2.19. The number of nitrogens with zero attached hydrogens (tertiary/aromatic N) is 1. The summed E-state index contributed by atoms with van der Waals surface area (Å²) >= 11 is 0. The minimum absolute atomic E-state index is 0.0177. The van der Waals surface area contributed by atoms with E-state index in [2.05, 4.69) is 5.32 Å². The number of hydrogen-bond donors (Lipinski definition) is 1. The van der Waals surface area contributed by atoms with Crippen molar-refractivity contribution >= 4 is 23.3 Å². The number of non-ortho nitro benzene ring substituents is 1. The van der Waals surface area contributed by atoms with Crippen molar-refractivity contribution in [2.24, 2.45) is 0 Å². The molecule has 1 heterocycles. The summed E-state index contributed by atoms with van der Waals surface area (Å²) in [5.41, 5.74) is 2.17. The lowest BCUT2D eigenvalue weighted by atomic mass is 10.0. The third-order valence-electron chi connectivity index (χ3n) is 3.85. The number of esters is 1. The van der Waals surface area contributed by atoms with Crippen LogP contribution in [0.15, 0.2) is 42.5 Å². The van der Waals surface area contributed by atoms with E-state index in [9.17, 15) is 19.7 Å². The zero-order valence-corrected chi connectivity index (χ0v) is 13.8. The average Bonchev–Trinajstić information content (AvgIpc) is 2.64. The molecular formula is C18H16N2O6. The van der Waals surface area contributed by atoms with Crippen LogP contribution in [0.25, 0.3) is 0 Å². The predicted octanol–water partition coefficient (Wildman–Crippen LogP) is 2.60. The van der Waals surface area contributed by atoms with E-state index in [1.807, 2.05) is 0 Å². The maximum absolute atomic E-state index is 11.8. The van der Waals surface area contributed by atoms with E-state index in [-0.39, 0.29) is 24.8 Å². The first kappa shape index (κ1) is 17.4. The highest BCUT2D eigenvalue weighted by atomic mass is 16.6. The number of benzene rings is 2. The highest BCUT2D eigenvalue weighted by Gasteiger charge is 2.15. The first-order chi connectivity index (χ1) is 12.5. The van der Waals surface area contributed by atoms with Crippen molar-refractivity contribution < 1.29 is 24.0 Å². The summed E-state index contributed by atoms with van der Waals surface area (Å²) in [5, 5.41) is 13.5. The average molecular weight is 356 g/mol. The van der Waals surface area contributed by atoms with E-state index in [4.69, 9.17) is 9.47 Å². The number of aryl methyl sites for hydroxylation is 1. The standard InChI is InChI=1S/C18H16N2O6/c21-17-7-4-13-9-15(5-6-16(13)19-17)25-11-18(22)26-10-12-2-1-3-14(8-12)20(23)24/h1-3,5-6,8-9H,4,7,10-11H2,(H,19,21). The SMILES string of the molecule is O=C1CCc2cc(OCC(=O)OCc3cccc([N+](=O)[O-])c3)ccc2N1. The number of anilines is 1. The molecule has 0 fully saturated rings. The Morgan fingerprint density at radius 1 is 1.19 bits per heavy atom. The van der Waals surface area contributed by atoms with Crippen LogP contribution in [0, 0.1) is 10.1 Å². The van der Waals surface area contributed by atoms with Crippen molar-refractivity contribution in [3.05, 3.63) is 63.7 Å². The van der Waals surface area contributed by atoms with Gasteiger partial charge in [-0.15, -0.1) is 0 Å². The molecule has 1 aliphatic rings. The number of carbonyl (C=O) groups excluding carboxylic acids is 2. The third kappa shape index (κ3) is 4.35. The number of ether oxygens (including phenoxy) is 2. The summed E-state index contributed by atoms with van der Waals surface area (Å²) in [6, 6.07) is 11.1. The van der Waals surface area contributed by atoms with E-state index in [0.717, 1.165) is 11.3 Å². The smallest absolute Gasteiger partial charge is 0.344 e. The Balaban J connectivity index is 1.51. The normalized spacial score (nSPS) is 12.7. The highest BCUT2D eigenvalue weighted by Crippen LogP contribution is 2.26. The molecule has 0 aliphatic carbocycles. The molecule has 1 N–H and O–H groups in total. The van der Waals surface area contributed by atoms with Gasteiger partial charge in [-0.2, -0.15) is 0 Å². The molecule has 2 aromatic rings. The second-order valence-corrected chi connectivity index (χ2v) is 5.74. The van der Waals surface area contributed by atoms with Gasteiger partial charge in [0.2, 0.25) is 5.91 Å². The van der Waals surface area contributed by atoms with Gasteiger partial charge in [0.15, 0.2) is 6.61 Å². The maximum atomic E-state index is 11.8. The van der Waals surface area contributed by atoms with Crippen LogP contribution in [0.3, 0.4) is 0 Å². The molecule has 134 valence electrons. The topological polar surface area (TPSA) is 108 Å². The molecule has 0 aromatic heterocycles. The minimum Gasteiger partial charge on any atom is -0.482 e. The number of nitrogens with one attached hydrogen (secondary N) is 1. The maximum Gasteiger partial charge on any atom is 0.344 e. The van der Waals surface area contributed by atoms with Crippen molar-refractivity contribution in [2.45, 2.75) is 19.4 Å². The monoisotopic (exact) mass is 356 g/mol.